The molecule has 0 spiro atoms. The van der Waals surface area contributed by atoms with Gasteiger partial charge in [-0.25, -0.2) is 8.42 Å². The van der Waals surface area contributed by atoms with Gasteiger partial charge in [0.1, 0.15) is 6.17 Å². The second-order valence-electron chi connectivity index (χ2n) is 8.07. The van der Waals surface area contributed by atoms with Crippen LogP contribution >= 0.6 is 0 Å². The molecule has 0 aromatic heterocycles. The molecule has 1 fully saturated rings. The maximum Gasteiger partial charge on any atom is 0.260 e. The van der Waals surface area contributed by atoms with Gasteiger partial charge in [0.2, 0.25) is 5.91 Å². The number of hydrogen-bond acceptors (Lipinski definition) is 5. The van der Waals surface area contributed by atoms with Crippen molar-refractivity contribution < 1.29 is 22.8 Å². The lowest BCUT2D eigenvalue weighted by atomic mass is 10.0. The first-order valence-corrected chi connectivity index (χ1v) is 12.0. The predicted octanol–water partition coefficient (Wildman–Crippen LogP) is 1.49. The number of nitrogens with zero attached hydrogens (tertiary/aromatic N) is 2. The molecule has 0 bridgehead atoms. The van der Waals surface area contributed by atoms with Gasteiger partial charge in [0.05, 0.1) is 22.8 Å². The number of amides is 3. The van der Waals surface area contributed by atoms with Crippen LogP contribution in [0.4, 0.5) is 5.69 Å². The van der Waals surface area contributed by atoms with E-state index in [1.807, 2.05) is 12.1 Å². The van der Waals surface area contributed by atoms with Gasteiger partial charge in [-0.05, 0) is 24.6 Å². The maximum atomic E-state index is 13.3. The summed E-state index contributed by atoms with van der Waals surface area (Å²) in [5, 5.41) is 2.76. The number of para-hydroxylation sites is 1. The highest BCUT2D eigenvalue weighted by molar-refractivity contribution is 7.91. The molecule has 0 unspecified atom stereocenters. The molecule has 31 heavy (non-hydrogen) atoms. The molecular weight excluding hydrogens is 418 g/mol. The SMILES string of the molecule is O=C(CCN1C(=O)c2ccccc2N2C(=O)c3ccccc3[C@H]12)N[C@H]1CCS(=O)(=O)C1. The van der Waals surface area contributed by atoms with E-state index in [2.05, 4.69) is 5.32 Å². The smallest absolute Gasteiger partial charge is 0.260 e. The van der Waals surface area contributed by atoms with Crippen molar-refractivity contribution in [2.24, 2.45) is 0 Å². The highest BCUT2D eigenvalue weighted by atomic mass is 32.2. The molecule has 0 aliphatic carbocycles. The molecule has 8 nitrogen and oxygen atoms in total. The van der Waals surface area contributed by atoms with Crippen molar-refractivity contribution in [1.29, 1.82) is 0 Å². The van der Waals surface area contributed by atoms with Crippen molar-refractivity contribution in [2.75, 3.05) is 23.0 Å². The number of benzene rings is 2. The van der Waals surface area contributed by atoms with Crippen LogP contribution in [0.2, 0.25) is 0 Å². The minimum atomic E-state index is -3.09. The molecule has 3 heterocycles. The largest absolute Gasteiger partial charge is 0.352 e. The molecule has 3 aliphatic heterocycles. The van der Waals surface area contributed by atoms with Crippen LogP contribution in [0.25, 0.3) is 0 Å². The highest BCUT2D eigenvalue weighted by Gasteiger charge is 2.47. The van der Waals surface area contributed by atoms with Gasteiger partial charge in [-0.15, -0.1) is 0 Å². The predicted molar refractivity (Wildman–Crippen MR) is 113 cm³/mol. The Morgan fingerprint density at radius 3 is 2.45 bits per heavy atom. The van der Waals surface area contributed by atoms with E-state index < -0.39 is 16.0 Å². The molecule has 9 heteroatoms. The molecule has 5 rings (SSSR count). The van der Waals surface area contributed by atoms with Crippen LogP contribution in [0.1, 0.15) is 45.3 Å². The summed E-state index contributed by atoms with van der Waals surface area (Å²) in [6, 6.07) is 13.8. The molecule has 2 atom stereocenters. The summed E-state index contributed by atoms with van der Waals surface area (Å²) in [7, 11) is -3.09. The summed E-state index contributed by atoms with van der Waals surface area (Å²) in [5.74, 6) is -0.691. The third-order valence-corrected chi connectivity index (χ3v) is 7.83. The van der Waals surface area contributed by atoms with Gasteiger partial charge < -0.3 is 10.2 Å². The lowest BCUT2D eigenvalue weighted by Gasteiger charge is -2.40. The van der Waals surface area contributed by atoms with Crippen molar-refractivity contribution in [1.82, 2.24) is 10.2 Å². The molecular formula is C22H21N3O5S. The van der Waals surface area contributed by atoms with Crippen molar-refractivity contribution >= 4 is 33.2 Å². The van der Waals surface area contributed by atoms with Crippen molar-refractivity contribution in [3.8, 4) is 0 Å². The summed E-state index contributed by atoms with van der Waals surface area (Å²) >= 11 is 0. The zero-order chi connectivity index (χ0) is 21.8. The van der Waals surface area contributed by atoms with Crippen LogP contribution in [0.3, 0.4) is 0 Å². The summed E-state index contributed by atoms with van der Waals surface area (Å²) in [4.78, 5) is 42.1. The van der Waals surface area contributed by atoms with Crippen LogP contribution in [-0.2, 0) is 14.6 Å². The van der Waals surface area contributed by atoms with Gasteiger partial charge in [-0.2, -0.15) is 0 Å². The minimum absolute atomic E-state index is 0.0190. The van der Waals surface area contributed by atoms with E-state index in [-0.39, 0.29) is 48.2 Å². The van der Waals surface area contributed by atoms with Gasteiger partial charge in [-0.1, -0.05) is 30.3 Å². The van der Waals surface area contributed by atoms with Crippen LogP contribution in [0.15, 0.2) is 48.5 Å². The van der Waals surface area contributed by atoms with Crippen LogP contribution in [0.5, 0.6) is 0 Å². The third-order valence-electron chi connectivity index (χ3n) is 6.06. The molecule has 160 valence electrons. The first-order valence-electron chi connectivity index (χ1n) is 10.2. The molecule has 1 saturated heterocycles. The summed E-state index contributed by atoms with van der Waals surface area (Å²) in [5.41, 5.74) is 2.26. The quantitative estimate of drug-likeness (QED) is 0.778. The fourth-order valence-corrected chi connectivity index (χ4v) is 6.30. The van der Waals surface area contributed by atoms with Crippen molar-refractivity contribution in [2.45, 2.75) is 25.0 Å². The average Bonchev–Trinajstić information content (AvgIpc) is 3.24. The normalized spacial score (nSPS) is 23.4. The first-order chi connectivity index (χ1) is 14.9. The Kier molecular flexibility index (Phi) is 4.58. The fraction of sp³-hybridized carbons (Fsp3) is 0.318. The zero-order valence-electron chi connectivity index (χ0n) is 16.7. The van der Waals surface area contributed by atoms with E-state index in [9.17, 15) is 22.8 Å². The molecule has 0 radical (unpaired) electrons. The van der Waals surface area contributed by atoms with Gasteiger partial charge >= 0.3 is 0 Å². The number of carbonyl (C=O) groups excluding carboxylic acids is 3. The molecule has 3 amide bonds. The Morgan fingerprint density at radius 2 is 1.71 bits per heavy atom. The maximum absolute atomic E-state index is 13.3. The topological polar surface area (TPSA) is 104 Å². The summed E-state index contributed by atoms with van der Waals surface area (Å²) in [6.07, 6.45) is -0.182. The Labute approximate surface area is 179 Å². The van der Waals surface area contributed by atoms with Crippen LogP contribution < -0.4 is 10.2 Å². The highest BCUT2D eigenvalue weighted by Crippen LogP contribution is 2.45. The Bertz CT molecular complexity index is 1210. The Morgan fingerprint density at radius 1 is 1.00 bits per heavy atom. The zero-order valence-corrected chi connectivity index (χ0v) is 17.5. The lowest BCUT2D eigenvalue weighted by molar-refractivity contribution is -0.121. The Hall–Kier alpha value is -3.20. The average molecular weight is 439 g/mol. The van der Waals surface area contributed by atoms with Crippen molar-refractivity contribution in [3.63, 3.8) is 0 Å². The van der Waals surface area contributed by atoms with Gasteiger partial charge in [-0.3, -0.25) is 19.3 Å². The van der Waals surface area contributed by atoms with E-state index in [1.54, 1.807) is 46.2 Å². The van der Waals surface area contributed by atoms with Crippen LogP contribution in [-0.4, -0.2) is 55.1 Å². The number of sulfone groups is 1. The first kappa shape index (κ1) is 19.7. The molecule has 2 aromatic carbocycles. The van der Waals surface area contributed by atoms with Gasteiger partial charge in [0, 0.05) is 30.1 Å². The Balaban J connectivity index is 1.41. The number of hydrogen-bond donors (Lipinski definition) is 1. The molecule has 0 saturated carbocycles. The van der Waals surface area contributed by atoms with E-state index >= 15 is 0 Å². The summed E-state index contributed by atoms with van der Waals surface area (Å²) < 4.78 is 23.2. The number of anilines is 1. The van der Waals surface area contributed by atoms with Crippen LogP contribution in [0, 0.1) is 0 Å². The van der Waals surface area contributed by atoms with Crippen molar-refractivity contribution in [3.05, 3.63) is 65.2 Å². The standard InChI is InChI=1S/C22H21N3O5S/c26-19(23-14-10-12-31(29,30)13-14)9-11-24-20-15-5-1-2-6-16(15)22(28)25(20)18-8-4-3-7-17(18)21(24)27/h1-8,14,20H,9-13H2,(H,23,26)/t14-,20+/m0/s1. The van der Waals surface area contributed by atoms with E-state index in [0.29, 0.717) is 23.2 Å². The molecule has 1 N–H and O–H groups in total. The number of rotatable bonds is 4. The third kappa shape index (κ3) is 3.29. The number of carbonyl (C=O) groups is 3. The lowest BCUT2D eigenvalue weighted by Crippen LogP contribution is -2.49. The van der Waals surface area contributed by atoms with E-state index in [0.717, 1.165) is 5.56 Å². The second kappa shape index (κ2) is 7.19. The summed E-state index contributed by atoms with van der Waals surface area (Å²) in [6.45, 7) is 0.112. The van der Waals surface area contributed by atoms with Gasteiger partial charge in [0.25, 0.3) is 11.8 Å². The van der Waals surface area contributed by atoms with E-state index in [1.165, 1.54) is 0 Å². The molecule has 2 aromatic rings. The monoisotopic (exact) mass is 439 g/mol. The number of nitrogens with one attached hydrogen (secondary N) is 1. The van der Waals surface area contributed by atoms with Gasteiger partial charge in [0.15, 0.2) is 9.84 Å². The molecule has 3 aliphatic rings. The van der Waals surface area contributed by atoms with E-state index in [4.69, 9.17) is 0 Å². The number of fused-ring (bicyclic) bond motifs is 5. The second-order valence-corrected chi connectivity index (χ2v) is 10.3. The fourth-order valence-electron chi connectivity index (χ4n) is 4.63. The minimum Gasteiger partial charge on any atom is -0.352 e.